The number of rotatable bonds is 7. The number of nitrogens with zero attached hydrogens (tertiary/aromatic N) is 3. The molecule has 1 aromatic carbocycles. The number of carbonyl (C=O) groups is 1. The van der Waals surface area contributed by atoms with Gasteiger partial charge in [-0.25, -0.2) is 9.37 Å². The molecule has 0 aliphatic carbocycles. The van der Waals surface area contributed by atoms with Crippen molar-refractivity contribution in [2.75, 3.05) is 39.9 Å². The maximum absolute atomic E-state index is 14.0. The van der Waals surface area contributed by atoms with Gasteiger partial charge in [-0.2, -0.15) is 0 Å². The second-order valence-corrected chi connectivity index (χ2v) is 9.33. The van der Waals surface area contributed by atoms with Gasteiger partial charge < -0.3 is 19.7 Å². The van der Waals surface area contributed by atoms with Gasteiger partial charge in [-0.1, -0.05) is 13.0 Å². The van der Waals surface area contributed by atoms with Gasteiger partial charge in [0.15, 0.2) is 0 Å². The number of pyridine rings is 1. The van der Waals surface area contributed by atoms with Gasteiger partial charge in [-0.3, -0.25) is 9.69 Å². The molecule has 2 atom stereocenters. The van der Waals surface area contributed by atoms with Crippen LogP contribution in [0.4, 0.5) is 4.39 Å². The number of hydrogen-bond acceptors (Lipinski definition) is 5. The fourth-order valence-electron chi connectivity index (χ4n) is 5.27. The Labute approximate surface area is 204 Å². The van der Waals surface area contributed by atoms with Crippen molar-refractivity contribution in [2.45, 2.75) is 25.8 Å². The molecule has 0 saturated carbocycles. The first-order chi connectivity index (χ1) is 17.0. The molecule has 2 aliphatic rings. The van der Waals surface area contributed by atoms with Crippen LogP contribution in [-0.2, 0) is 4.79 Å². The van der Waals surface area contributed by atoms with Crippen LogP contribution in [0.25, 0.3) is 27.7 Å². The van der Waals surface area contributed by atoms with Gasteiger partial charge in [-0.05, 0) is 60.2 Å². The molecule has 1 saturated heterocycles. The van der Waals surface area contributed by atoms with Gasteiger partial charge in [0.1, 0.15) is 17.2 Å². The number of likely N-dealkylation sites (tertiary alicyclic amines) is 1. The summed E-state index contributed by atoms with van der Waals surface area (Å²) in [5.74, 6) is 0.786. The second kappa shape index (κ2) is 9.79. The highest BCUT2D eigenvalue weighted by molar-refractivity contribution is 5.96. The summed E-state index contributed by atoms with van der Waals surface area (Å²) in [6, 6.07) is 8.41. The molecule has 1 fully saturated rings. The van der Waals surface area contributed by atoms with Crippen molar-refractivity contribution in [3.63, 3.8) is 0 Å². The first kappa shape index (κ1) is 23.5. The maximum atomic E-state index is 14.0. The van der Waals surface area contributed by atoms with Crippen molar-refractivity contribution in [3.05, 3.63) is 54.1 Å². The number of benzene rings is 1. The van der Waals surface area contributed by atoms with Crippen molar-refractivity contribution in [1.82, 2.24) is 19.8 Å². The fraction of sp³-hybridized carbons (Fsp3) is 0.407. The molecule has 0 radical (unpaired) electrons. The molecule has 0 bridgehead atoms. The van der Waals surface area contributed by atoms with Crippen LogP contribution in [0.3, 0.4) is 0 Å². The van der Waals surface area contributed by atoms with E-state index in [-0.39, 0.29) is 24.4 Å². The van der Waals surface area contributed by atoms with Crippen LogP contribution < -0.4 is 4.74 Å². The minimum atomic E-state index is -0.320. The number of aliphatic hydroxyl groups excluding tert-OH is 1. The van der Waals surface area contributed by atoms with Crippen LogP contribution in [0.5, 0.6) is 5.75 Å². The Morgan fingerprint density at radius 2 is 2.14 bits per heavy atom. The Morgan fingerprint density at radius 1 is 1.29 bits per heavy atom. The molecule has 2 aromatic heterocycles. The van der Waals surface area contributed by atoms with Gasteiger partial charge in [0.05, 0.1) is 26.3 Å². The van der Waals surface area contributed by atoms with Crippen LogP contribution >= 0.6 is 0 Å². The summed E-state index contributed by atoms with van der Waals surface area (Å²) in [6.07, 6.45) is 5.65. The van der Waals surface area contributed by atoms with Crippen LogP contribution in [-0.4, -0.2) is 76.7 Å². The number of aliphatic hydroxyl groups is 1. The second-order valence-electron chi connectivity index (χ2n) is 9.33. The molecule has 2 aliphatic heterocycles. The number of aromatic amines is 1. The first-order valence-electron chi connectivity index (χ1n) is 12.2. The molecule has 35 heavy (non-hydrogen) atoms. The molecule has 0 spiro atoms. The van der Waals surface area contributed by atoms with E-state index in [0.717, 1.165) is 48.2 Å². The fourth-order valence-corrected chi connectivity index (χ4v) is 5.27. The Balaban J connectivity index is 1.32. The number of fused-ring (bicyclic) bond motifs is 1. The third-order valence-corrected chi connectivity index (χ3v) is 7.39. The molecular formula is C27H31FN4O3. The topological polar surface area (TPSA) is 81.7 Å². The van der Waals surface area contributed by atoms with Crippen molar-refractivity contribution >= 4 is 22.5 Å². The van der Waals surface area contributed by atoms with E-state index < -0.39 is 0 Å². The zero-order chi connectivity index (χ0) is 24.5. The molecule has 5 rings (SSSR count). The minimum absolute atomic E-state index is 0.0339. The lowest BCUT2D eigenvalue weighted by Crippen LogP contribution is -2.61. The first-order valence-corrected chi connectivity index (χ1v) is 12.2. The molecule has 4 heterocycles. The van der Waals surface area contributed by atoms with Crippen molar-refractivity contribution in [1.29, 1.82) is 0 Å². The largest absolute Gasteiger partial charge is 0.496 e. The molecule has 8 heteroatoms. The number of halogens is 1. The number of amides is 1. The number of H-pyrrole nitrogens is 1. The summed E-state index contributed by atoms with van der Waals surface area (Å²) >= 11 is 0. The molecule has 3 aromatic rings. The highest BCUT2D eigenvalue weighted by Crippen LogP contribution is 2.36. The van der Waals surface area contributed by atoms with E-state index >= 15 is 0 Å². The lowest BCUT2D eigenvalue weighted by Gasteiger charge is -2.47. The van der Waals surface area contributed by atoms with E-state index in [1.807, 2.05) is 11.0 Å². The standard InChI is InChI=1S/C27H31FN4O3/c1-3-17-14-32(24(17)16-33)26(34)15-31-10-7-18(8-11-31)23-13-22-20(6-9-29-27(22)30-23)21-12-19(28)4-5-25(21)35-2/h4-7,9,12-13,17,24,33H,3,8,10-11,14-16H2,1-2H3,(H,29,30)/t17-,24-/m1/s1. The lowest BCUT2D eigenvalue weighted by atomic mass is 9.86. The molecule has 0 unspecified atom stereocenters. The molecule has 1 amide bonds. The quantitative estimate of drug-likeness (QED) is 0.541. The number of hydrogen-bond donors (Lipinski definition) is 2. The van der Waals surface area contributed by atoms with E-state index in [1.165, 1.54) is 17.7 Å². The van der Waals surface area contributed by atoms with E-state index in [2.05, 4.69) is 33.9 Å². The van der Waals surface area contributed by atoms with E-state index in [9.17, 15) is 14.3 Å². The van der Waals surface area contributed by atoms with Crippen molar-refractivity contribution < 1.29 is 19.0 Å². The number of nitrogens with one attached hydrogen (secondary N) is 1. The predicted molar refractivity (Wildman–Crippen MR) is 133 cm³/mol. The molecule has 2 N–H and O–H groups in total. The number of aromatic nitrogens is 2. The van der Waals surface area contributed by atoms with E-state index in [4.69, 9.17) is 4.74 Å². The molecule has 7 nitrogen and oxygen atoms in total. The van der Waals surface area contributed by atoms with Crippen LogP contribution in [0.2, 0.25) is 0 Å². The Hall–Kier alpha value is -3.23. The van der Waals surface area contributed by atoms with E-state index in [0.29, 0.717) is 30.3 Å². The summed E-state index contributed by atoms with van der Waals surface area (Å²) in [7, 11) is 1.58. The number of ether oxygens (including phenoxy) is 1. The minimum Gasteiger partial charge on any atom is -0.496 e. The summed E-state index contributed by atoms with van der Waals surface area (Å²) in [5.41, 5.74) is 4.43. The van der Waals surface area contributed by atoms with Crippen molar-refractivity contribution in [2.24, 2.45) is 5.92 Å². The monoisotopic (exact) mass is 478 g/mol. The maximum Gasteiger partial charge on any atom is 0.237 e. The SMILES string of the molecule is CC[C@@H]1CN(C(=O)CN2CC=C(c3cc4c(-c5cc(F)ccc5OC)ccnc4[nH]3)CC2)[C@@H]1CO. The molecular weight excluding hydrogens is 447 g/mol. The average Bonchev–Trinajstić information content (AvgIpc) is 3.29. The van der Waals surface area contributed by atoms with Gasteiger partial charge in [0, 0.05) is 42.5 Å². The average molecular weight is 479 g/mol. The zero-order valence-electron chi connectivity index (χ0n) is 20.1. The van der Waals surface area contributed by atoms with Crippen LogP contribution in [0.15, 0.2) is 42.6 Å². The lowest BCUT2D eigenvalue weighted by molar-refractivity contribution is -0.147. The summed E-state index contributed by atoms with van der Waals surface area (Å²) in [4.78, 5) is 24.6. The Kier molecular flexibility index (Phi) is 6.58. The normalized spacial score (nSPS) is 20.6. The molecule has 184 valence electrons. The van der Waals surface area contributed by atoms with Gasteiger partial charge >= 0.3 is 0 Å². The van der Waals surface area contributed by atoms with Crippen molar-refractivity contribution in [3.8, 4) is 16.9 Å². The third-order valence-electron chi connectivity index (χ3n) is 7.39. The Bertz CT molecular complexity index is 1270. The summed E-state index contributed by atoms with van der Waals surface area (Å²) in [5, 5.41) is 10.5. The highest BCUT2D eigenvalue weighted by Gasteiger charge is 2.40. The van der Waals surface area contributed by atoms with Crippen LogP contribution in [0.1, 0.15) is 25.5 Å². The number of carbonyl (C=O) groups excluding carboxylic acids is 1. The van der Waals surface area contributed by atoms with Crippen LogP contribution in [0, 0.1) is 11.7 Å². The summed E-state index contributed by atoms with van der Waals surface area (Å²) < 4.78 is 19.5. The third kappa shape index (κ3) is 4.44. The summed E-state index contributed by atoms with van der Waals surface area (Å²) in [6.45, 7) is 4.71. The Morgan fingerprint density at radius 3 is 2.86 bits per heavy atom. The predicted octanol–water partition coefficient (Wildman–Crippen LogP) is 3.70. The van der Waals surface area contributed by atoms with Gasteiger partial charge in [-0.15, -0.1) is 0 Å². The van der Waals surface area contributed by atoms with Gasteiger partial charge in [0.25, 0.3) is 0 Å². The highest BCUT2D eigenvalue weighted by atomic mass is 19.1. The van der Waals surface area contributed by atoms with E-state index in [1.54, 1.807) is 19.4 Å². The zero-order valence-corrected chi connectivity index (χ0v) is 20.1. The van der Waals surface area contributed by atoms with Gasteiger partial charge in [0.2, 0.25) is 5.91 Å². The number of methoxy groups -OCH3 is 1. The smallest absolute Gasteiger partial charge is 0.237 e.